The number of hydrogen-bond acceptors (Lipinski definition) is 5. The molecule has 9 heteroatoms. The van der Waals surface area contributed by atoms with Crippen molar-refractivity contribution >= 4 is 24.1 Å². The predicted octanol–water partition coefficient (Wildman–Crippen LogP) is 1.06. The first kappa shape index (κ1) is 17.6. The fourth-order valence-corrected chi connectivity index (χ4v) is 2.71. The standard InChI is InChI=1S/C17H19N5O4/c1-11-8-12(2)22(20-11)6-5-18-15(23)14-9-19-17(25)21(16(14)24)10-13-4-3-7-26-13/h3-4,7-9,14H,5-6,10H2,1-2H3,(H,18,23). The van der Waals surface area contributed by atoms with Crippen molar-refractivity contribution in [3.63, 3.8) is 0 Å². The van der Waals surface area contributed by atoms with E-state index >= 15 is 0 Å². The first-order valence-corrected chi connectivity index (χ1v) is 8.16. The first-order valence-electron chi connectivity index (χ1n) is 8.16. The van der Waals surface area contributed by atoms with E-state index in [2.05, 4.69) is 15.4 Å². The molecule has 2 aromatic rings. The Labute approximate surface area is 149 Å². The van der Waals surface area contributed by atoms with E-state index in [0.717, 1.165) is 22.5 Å². The van der Waals surface area contributed by atoms with Crippen molar-refractivity contribution in [1.29, 1.82) is 0 Å². The number of aliphatic imine (C=N–C) groups is 1. The first-order chi connectivity index (χ1) is 12.5. The Hall–Kier alpha value is -3.23. The topological polar surface area (TPSA) is 110 Å². The highest BCUT2D eigenvalue weighted by atomic mass is 16.3. The molecule has 1 atom stereocenters. The van der Waals surface area contributed by atoms with Gasteiger partial charge in [0.1, 0.15) is 5.76 Å². The van der Waals surface area contributed by atoms with Crippen LogP contribution in [0.25, 0.3) is 0 Å². The van der Waals surface area contributed by atoms with Gasteiger partial charge in [-0.1, -0.05) is 0 Å². The lowest BCUT2D eigenvalue weighted by Gasteiger charge is -2.24. The van der Waals surface area contributed by atoms with Crippen molar-refractivity contribution in [3.8, 4) is 0 Å². The van der Waals surface area contributed by atoms with E-state index < -0.39 is 23.8 Å². The highest BCUT2D eigenvalue weighted by Gasteiger charge is 2.36. The van der Waals surface area contributed by atoms with Gasteiger partial charge in [0, 0.05) is 18.5 Å². The summed E-state index contributed by atoms with van der Waals surface area (Å²) in [6, 6.07) is 4.53. The minimum atomic E-state index is -1.14. The van der Waals surface area contributed by atoms with Gasteiger partial charge in [-0.2, -0.15) is 5.10 Å². The molecule has 0 bridgehead atoms. The largest absolute Gasteiger partial charge is 0.467 e. The summed E-state index contributed by atoms with van der Waals surface area (Å²) < 4.78 is 6.92. The van der Waals surface area contributed by atoms with E-state index in [-0.39, 0.29) is 6.54 Å². The molecule has 0 saturated carbocycles. The number of imide groups is 1. The summed E-state index contributed by atoms with van der Waals surface area (Å²) in [5.74, 6) is -1.82. The molecule has 1 aliphatic heterocycles. The second-order valence-electron chi connectivity index (χ2n) is 5.98. The average molecular weight is 357 g/mol. The number of nitrogens with one attached hydrogen (secondary N) is 1. The number of aromatic nitrogens is 2. The molecule has 2 aromatic heterocycles. The van der Waals surface area contributed by atoms with Gasteiger partial charge < -0.3 is 9.73 Å². The fraction of sp³-hybridized carbons (Fsp3) is 0.353. The van der Waals surface area contributed by atoms with E-state index in [0.29, 0.717) is 18.8 Å². The van der Waals surface area contributed by atoms with Crippen LogP contribution in [0, 0.1) is 19.8 Å². The normalized spacial score (nSPS) is 17.0. The number of urea groups is 1. The summed E-state index contributed by atoms with van der Waals surface area (Å²) >= 11 is 0. The molecule has 0 saturated heterocycles. The molecule has 26 heavy (non-hydrogen) atoms. The van der Waals surface area contributed by atoms with Crippen molar-refractivity contribution in [1.82, 2.24) is 20.0 Å². The molecule has 3 heterocycles. The number of hydrogen-bond donors (Lipinski definition) is 1. The van der Waals surface area contributed by atoms with Gasteiger partial charge in [-0.05, 0) is 32.0 Å². The van der Waals surface area contributed by atoms with Gasteiger partial charge in [-0.3, -0.25) is 19.2 Å². The molecule has 0 aliphatic carbocycles. The molecule has 1 unspecified atom stereocenters. The molecule has 0 spiro atoms. The van der Waals surface area contributed by atoms with E-state index in [4.69, 9.17) is 4.42 Å². The third-order valence-electron chi connectivity index (χ3n) is 4.00. The summed E-state index contributed by atoms with van der Waals surface area (Å²) in [7, 11) is 0. The van der Waals surface area contributed by atoms with Crippen molar-refractivity contribution in [3.05, 3.63) is 41.6 Å². The van der Waals surface area contributed by atoms with Gasteiger partial charge in [0.15, 0.2) is 5.92 Å². The molecule has 0 aromatic carbocycles. The lowest BCUT2D eigenvalue weighted by Crippen LogP contribution is -2.49. The maximum atomic E-state index is 12.5. The van der Waals surface area contributed by atoms with Crippen LogP contribution >= 0.6 is 0 Å². The molecular weight excluding hydrogens is 338 g/mol. The van der Waals surface area contributed by atoms with Crippen LogP contribution in [0.5, 0.6) is 0 Å². The van der Waals surface area contributed by atoms with Gasteiger partial charge in [-0.25, -0.2) is 9.79 Å². The van der Waals surface area contributed by atoms with Gasteiger partial charge in [0.05, 0.1) is 25.0 Å². The Bertz CT molecular complexity index is 853. The Morgan fingerprint density at radius 3 is 2.81 bits per heavy atom. The zero-order valence-electron chi connectivity index (χ0n) is 14.5. The second kappa shape index (κ2) is 7.34. The molecule has 3 rings (SSSR count). The summed E-state index contributed by atoms with van der Waals surface area (Å²) in [6.45, 7) is 4.56. The summed E-state index contributed by atoms with van der Waals surface area (Å²) in [5, 5.41) is 7.00. The molecule has 1 aliphatic rings. The minimum Gasteiger partial charge on any atom is -0.467 e. The predicted molar refractivity (Wildman–Crippen MR) is 91.3 cm³/mol. The Balaban J connectivity index is 1.59. The van der Waals surface area contributed by atoms with Crippen LogP contribution in [0.2, 0.25) is 0 Å². The highest BCUT2D eigenvalue weighted by molar-refractivity contribution is 6.20. The van der Waals surface area contributed by atoms with Gasteiger partial charge in [0.25, 0.3) is 0 Å². The molecule has 0 fully saturated rings. The number of carbonyl (C=O) groups excluding carboxylic acids is 3. The lowest BCUT2D eigenvalue weighted by molar-refractivity contribution is -0.137. The summed E-state index contributed by atoms with van der Waals surface area (Å²) in [6.07, 6.45) is 2.53. The number of amides is 4. The average Bonchev–Trinajstić information content (AvgIpc) is 3.21. The van der Waals surface area contributed by atoms with Crippen LogP contribution in [0.1, 0.15) is 17.1 Å². The minimum absolute atomic E-state index is 0.0580. The van der Waals surface area contributed by atoms with E-state index in [9.17, 15) is 14.4 Å². The second-order valence-corrected chi connectivity index (χ2v) is 5.98. The Morgan fingerprint density at radius 1 is 1.35 bits per heavy atom. The Kier molecular flexibility index (Phi) is 4.97. The van der Waals surface area contributed by atoms with Crippen LogP contribution in [0.15, 0.2) is 33.9 Å². The molecular formula is C17H19N5O4. The maximum Gasteiger partial charge on any atom is 0.350 e. The summed E-state index contributed by atoms with van der Waals surface area (Å²) in [5.41, 5.74) is 1.89. The van der Waals surface area contributed by atoms with Crippen LogP contribution in [0.3, 0.4) is 0 Å². The lowest BCUT2D eigenvalue weighted by atomic mass is 10.1. The quantitative estimate of drug-likeness (QED) is 0.777. The van der Waals surface area contributed by atoms with Crippen molar-refractivity contribution in [2.24, 2.45) is 10.9 Å². The van der Waals surface area contributed by atoms with Crippen molar-refractivity contribution in [2.75, 3.05) is 6.54 Å². The monoisotopic (exact) mass is 357 g/mol. The van der Waals surface area contributed by atoms with Gasteiger partial charge in [0.2, 0.25) is 11.8 Å². The van der Waals surface area contributed by atoms with E-state index in [1.807, 2.05) is 19.9 Å². The molecule has 9 nitrogen and oxygen atoms in total. The van der Waals surface area contributed by atoms with Gasteiger partial charge >= 0.3 is 6.03 Å². The fourth-order valence-electron chi connectivity index (χ4n) is 2.71. The number of carbonyl (C=O) groups is 3. The highest BCUT2D eigenvalue weighted by Crippen LogP contribution is 2.14. The number of aryl methyl sites for hydroxylation is 2. The number of rotatable bonds is 6. The van der Waals surface area contributed by atoms with E-state index in [1.165, 1.54) is 6.26 Å². The number of nitrogens with zero attached hydrogens (tertiary/aromatic N) is 4. The summed E-state index contributed by atoms with van der Waals surface area (Å²) in [4.78, 5) is 41.2. The van der Waals surface area contributed by atoms with Crippen molar-refractivity contribution < 1.29 is 18.8 Å². The van der Waals surface area contributed by atoms with Gasteiger partial charge in [-0.15, -0.1) is 0 Å². The molecule has 0 radical (unpaired) electrons. The zero-order chi connectivity index (χ0) is 18.7. The van der Waals surface area contributed by atoms with Crippen LogP contribution in [0.4, 0.5) is 4.79 Å². The van der Waals surface area contributed by atoms with E-state index in [1.54, 1.807) is 16.8 Å². The Morgan fingerprint density at radius 2 is 2.15 bits per heavy atom. The molecule has 4 amide bonds. The third kappa shape index (κ3) is 3.71. The van der Waals surface area contributed by atoms with Crippen LogP contribution in [-0.4, -0.2) is 45.3 Å². The number of furan rings is 1. The van der Waals surface area contributed by atoms with Crippen LogP contribution < -0.4 is 5.32 Å². The molecule has 136 valence electrons. The zero-order valence-corrected chi connectivity index (χ0v) is 14.5. The van der Waals surface area contributed by atoms with Crippen LogP contribution in [-0.2, 0) is 22.7 Å². The third-order valence-corrected chi connectivity index (χ3v) is 4.00. The maximum absolute atomic E-state index is 12.5. The molecule has 1 N–H and O–H groups in total. The SMILES string of the molecule is Cc1cc(C)n(CCNC(=O)C2C=NC(=O)N(Cc3ccco3)C2=O)n1. The van der Waals surface area contributed by atoms with Crippen molar-refractivity contribution in [2.45, 2.75) is 26.9 Å². The smallest absolute Gasteiger partial charge is 0.350 e.